The largest absolute Gasteiger partial charge is 0.497 e. The quantitative estimate of drug-likeness (QED) is 0.496. The van der Waals surface area contributed by atoms with Gasteiger partial charge in [0.2, 0.25) is 5.91 Å². The van der Waals surface area contributed by atoms with Crippen LogP contribution in [0.3, 0.4) is 0 Å². The van der Waals surface area contributed by atoms with Gasteiger partial charge in [0.1, 0.15) is 11.8 Å². The van der Waals surface area contributed by atoms with Gasteiger partial charge in [-0.05, 0) is 69.4 Å². The van der Waals surface area contributed by atoms with Crippen molar-refractivity contribution in [3.05, 3.63) is 65.4 Å². The second kappa shape index (κ2) is 9.00. The summed E-state index contributed by atoms with van der Waals surface area (Å²) >= 11 is 0. The third-order valence-electron chi connectivity index (χ3n) is 7.66. The molecule has 2 aliphatic rings. The summed E-state index contributed by atoms with van der Waals surface area (Å²) < 4.78 is 5.38. The molecule has 8 nitrogen and oxygen atoms in total. The second-order valence-electron chi connectivity index (χ2n) is 9.93. The number of H-pyrrole nitrogens is 1. The van der Waals surface area contributed by atoms with Crippen LogP contribution in [0.4, 0.5) is 4.79 Å². The zero-order valence-electron chi connectivity index (χ0n) is 21.1. The number of carbonyl (C=O) groups is 3. The minimum Gasteiger partial charge on any atom is -0.497 e. The molecule has 5 rings (SSSR count). The number of methoxy groups -OCH3 is 1. The van der Waals surface area contributed by atoms with Gasteiger partial charge in [-0.3, -0.25) is 9.59 Å². The van der Waals surface area contributed by atoms with E-state index in [2.05, 4.69) is 22.4 Å². The molecule has 0 bridgehead atoms. The van der Waals surface area contributed by atoms with Gasteiger partial charge in [0.05, 0.1) is 12.8 Å². The van der Waals surface area contributed by atoms with E-state index in [-0.39, 0.29) is 17.9 Å². The lowest BCUT2D eigenvalue weighted by atomic mass is 9.87. The van der Waals surface area contributed by atoms with Crippen LogP contribution in [0.15, 0.2) is 48.5 Å². The van der Waals surface area contributed by atoms with Gasteiger partial charge in [-0.2, -0.15) is 0 Å². The number of hydrogen-bond donors (Lipinski definition) is 2. The highest BCUT2D eigenvalue weighted by Crippen LogP contribution is 2.45. The van der Waals surface area contributed by atoms with E-state index in [1.54, 1.807) is 25.9 Å². The van der Waals surface area contributed by atoms with Crippen LogP contribution in [-0.2, 0) is 28.0 Å². The molecule has 4 amide bonds. The Morgan fingerprint density at radius 3 is 2.64 bits per heavy atom. The van der Waals surface area contributed by atoms with Crippen molar-refractivity contribution in [1.29, 1.82) is 0 Å². The molecular formula is C28H32N4O4. The summed E-state index contributed by atoms with van der Waals surface area (Å²) in [6.45, 7) is 5.73. The van der Waals surface area contributed by atoms with E-state index in [9.17, 15) is 14.4 Å². The zero-order chi connectivity index (χ0) is 25.6. The summed E-state index contributed by atoms with van der Waals surface area (Å²) in [5.41, 5.74) is 2.62. The molecule has 2 aromatic carbocycles. The summed E-state index contributed by atoms with van der Waals surface area (Å²) in [5, 5.41) is 3.98. The Labute approximate surface area is 210 Å². The molecular weight excluding hydrogens is 456 g/mol. The monoisotopic (exact) mass is 488 g/mol. The molecule has 36 heavy (non-hydrogen) atoms. The molecule has 1 saturated heterocycles. The number of urea groups is 1. The number of aryl methyl sites for hydroxylation is 1. The molecule has 188 valence electrons. The van der Waals surface area contributed by atoms with Crippen LogP contribution < -0.4 is 10.1 Å². The molecule has 3 heterocycles. The van der Waals surface area contributed by atoms with Crippen LogP contribution in [0.2, 0.25) is 0 Å². The maximum atomic E-state index is 13.8. The summed E-state index contributed by atoms with van der Waals surface area (Å²) in [6.07, 6.45) is 2.20. The fraction of sp³-hybridized carbons (Fsp3) is 0.393. The van der Waals surface area contributed by atoms with Crippen molar-refractivity contribution in [3.63, 3.8) is 0 Å². The van der Waals surface area contributed by atoms with E-state index in [0.717, 1.165) is 40.0 Å². The Bertz CT molecular complexity index is 1330. The van der Waals surface area contributed by atoms with Crippen LogP contribution in [-0.4, -0.2) is 58.4 Å². The minimum atomic E-state index is -1.19. The highest BCUT2D eigenvalue weighted by molar-refractivity contribution is 6.11. The Morgan fingerprint density at radius 1 is 1.17 bits per heavy atom. The minimum absolute atomic E-state index is 0.0959. The van der Waals surface area contributed by atoms with Gasteiger partial charge in [-0.15, -0.1) is 0 Å². The molecule has 3 aromatic rings. The van der Waals surface area contributed by atoms with E-state index >= 15 is 0 Å². The summed E-state index contributed by atoms with van der Waals surface area (Å²) in [5.74, 6) is 0.0212. The summed E-state index contributed by atoms with van der Waals surface area (Å²) in [4.78, 5) is 46.5. The maximum Gasteiger partial charge on any atom is 0.328 e. The number of carbonyl (C=O) groups excluding carboxylic acids is 3. The normalized spacial score (nSPS) is 20.8. The van der Waals surface area contributed by atoms with Crippen molar-refractivity contribution in [2.75, 3.05) is 13.7 Å². The van der Waals surface area contributed by atoms with E-state index in [1.807, 2.05) is 43.3 Å². The van der Waals surface area contributed by atoms with Crippen LogP contribution in [0.1, 0.15) is 44.0 Å². The molecule has 2 aliphatic heterocycles. The smallest absolute Gasteiger partial charge is 0.328 e. The lowest BCUT2D eigenvalue weighted by molar-refractivity contribution is -0.139. The first-order chi connectivity index (χ1) is 17.3. The standard InChI is InChI=1S/C28H32N4O4/c1-17(10-11-19-8-6-5-7-9-19)29-25(33)18(2)32-26(34)28(3)24-21(14-15-31(28)27(32)35)22-16-20(36-4)12-13-23(22)30-24/h5-9,12-13,16-18,30H,10-11,14-15H2,1-4H3,(H,29,33)/t17-,18-,28-/m0/s1. The van der Waals surface area contributed by atoms with Gasteiger partial charge in [-0.1, -0.05) is 30.3 Å². The average molecular weight is 489 g/mol. The van der Waals surface area contributed by atoms with Crippen molar-refractivity contribution in [2.24, 2.45) is 0 Å². The molecule has 0 spiro atoms. The number of aromatic amines is 1. The van der Waals surface area contributed by atoms with Crippen LogP contribution >= 0.6 is 0 Å². The topological polar surface area (TPSA) is 94.7 Å². The fourth-order valence-electron chi connectivity index (χ4n) is 5.49. The summed E-state index contributed by atoms with van der Waals surface area (Å²) in [6, 6.07) is 14.4. The molecule has 0 aliphatic carbocycles. The number of fused-ring (bicyclic) bond motifs is 5. The number of nitrogens with one attached hydrogen (secondary N) is 2. The van der Waals surface area contributed by atoms with Crippen LogP contribution in [0.25, 0.3) is 10.9 Å². The molecule has 3 atom stereocenters. The molecule has 0 radical (unpaired) electrons. The Morgan fingerprint density at radius 2 is 1.92 bits per heavy atom. The molecule has 1 fully saturated rings. The third kappa shape index (κ3) is 3.72. The van der Waals surface area contributed by atoms with Gasteiger partial charge in [0.25, 0.3) is 5.91 Å². The van der Waals surface area contributed by atoms with Gasteiger partial charge >= 0.3 is 6.03 Å². The molecule has 1 aromatic heterocycles. The SMILES string of the molecule is COc1ccc2[nH]c3c(c2c1)CCN1C(=O)N([C@@H](C)C(=O)N[C@@H](C)CCc2ccccc2)C(=O)[C@]31C. The zero-order valence-corrected chi connectivity index (χ0v) is 21.1. The molecule has 0 saturated carbocycles. The number of amides is 4. The van der Waals surface area contributed by atoms with Gasteiger partial charge in [0.15, 0.2) is 5.54 Å². The number of nitrogens with zero attached hydrogens (tertiary/aromatic N) is 2. The lowest BCUT2D eigenvalue weighted by Crippen LogP contribution is -2.51. The van der Waals surface area contributed by atoms with Gasteiger partial charge in [-0.25, -0.2) is 9.69 Å². The maximum absolute atomic E-state index is 13.8. The predicted molar refractivity (Wildman–Crippen MR) is 137 cm³/mol. The first kappa shape index (κ1) is 23.9. The van der Waals surface area contributed by atoms with Gasteiger partial charge < -0.3 is 19.9 Å². The number of imide groups is 1. The Kier molecular flexibility index (Phi) is 5.98. The number of hydrogen-bond acceptors (Lipinski definition) is 4. The molecule has 2 N–H and O–H groups in total. The number of aromatic nitrogens is 1. The van der Waals surface area contributed by atoms with Gasteiger partial charge in [0, 0.05) is 23.5 Å². The summed E-state index contributed by atoms with van der Waals surface area (Å²) in [7, 11) is 1.62. The van der Waals surface area contributed by atoms with E-state index < -0.39 is 17.6 Å². The second-order valence-corrected chi connectivity index (χ2v) is 9.93. The average Bonchev–Trinajstić information content (AvgIpc) is 3.35. The van der Waals surface area contributed by atoms with Crippen molar-refractivity contribution >= 4 is 28.7 Å². The molecule has 8 heteroatoms. The third-order valence-corrected chi connectivity index (χ3v) is 7.66. The fourth-order valence-corrected chi connectivity index (χ4v) is 5.49. The van der Waals surface area contributed by atoms with Crippen molar-refractivity contribution in [2.45, 2.75) is 57.7 Å². The van der Waals surface area contributed by atoms with E-state index in [4.69, 9.17) is 4.74 Å². The number of ether oxygens (including phenoxy) is 1. The Hall–Kier alpha value is -3.81. The van der Waals surface area contributed by atoms with E-state index in [0.29, 0.717) is 18.7 Å². The lowest BCUT2D eigenvalue weighted by Gasteiger charge is -2.36. The predicted octanol–water partition coefficient (Wildman–Crippen LogP) is 3.74. The highest BCUT2D eigenvalue weighted by atomic mass is 16.5. The number of benzene rings is 2. The highest BCUT2D eigenvalue weighted by Gasteiger charge is 2.60. The Balaban J connectivity index is 1.35. The first-order valence-corrected chi connectivity index (χ1v) is 12.4. The van der Waals surface area contributed by atoms with Crippen LogP contribution in [0, 0.1) is 0 Å². The molecule has 0 unspecified atom stereocenters. The first-order valence-electron chi connectivity index (χ1n) is 12.4. The van der Waals surface area contributed by atoms with E-state index in [1.165, 1.54) is 5.56 Å². The van der Waals surface area contributed by atoms with Crippen molar-refractivity contribution in [3.8, 4) is 5.75 Å². The van der Waals surface area contributed by atoms with Crippen molar-refractivity contribution in [1.82, 2.24) is 20.1 Å². The van der Waals surface area contributed by atoms with Crippen molar-refractivity contribution < 1.29 is 19.1 Å². The number of rotatable bonds is 7. The van der Waals surface area contributed by atoms with Crippen LogP contribution in [0.5, 0.6) is 5.75 Å².